The van der Waals surface area contributed by atoms with E-state index in [0.29, 0.717) is 21.6 Å². The highest BCUT2D eigenvalue weighted by molar-refractivity contribution is 7.98. The second kappa shape index (κ2) is 9.11. The van der Waals surface area contributed by atoms with Crippen LogP contribution in [0.5, 0.6) is 0 Å². The number of nitrogens with one attached hydrogen (secondary N) is 1. The highest BCUT2D eigenvalue weighted by atomic mass is 35.5. The molecule has 4 rings (SSSR count). The number of hydrogen-bond donors (Lipinski definition) is 2. The molecule has 0 amide bonds. The first kappa shape index (κ1) is 22.0. The first-order valence-electron chi connectivity index (χ1n) is 9.60. The van der Waals surface area contributed by atoms with E-state index in [0.717, 1.165) is 28.0 Å². The molecule has 30 heavy (non-hydrogen) atoms. The van der Waals surface area contributed by atoms with E-state index < -0.39 is 0 Å². The average Bonchev–Trinajstić information content (AvgIpc) is 3.29. The summed E-state index contributed by atoms with van der Waals surface area (Å²) in [5.74, 6) is 0. The molecule has 0 saturated heterocycles. The van der Waals surface area contributed by atoms with Crippen LogP contribution in [0.15, 0.2) is 41.6 Å². The van der Waals surface area contributed by atoms with Gasteiger partial charge in [-0.1, -0.05) is 59.1 Å². The fourth-order valence-corrected chi connectivity index (χ4v) is 6.22. The van der Waals surface area contributed by atoms with Crippen molar-refractivity contribution >= 4 is 46.6 Å². The Bertz CT molecular complexity index is 1060. The number of benzene rings is 2. The highest BCUT2D eigenvalue weighted by Crippen LogP contribution is 2.48. The van der Waals surface area contributed by atoms with Gasteiger partial charge in [0, 0.05) is 34.8 Å². The van der Waals surface area contributed by atoms with Gasteiger partial charge in [-0.2, -0.15) is 5.10 Å². The monoisotopic (exact) mass is 481 g/mol. The van der Waals surface area contributed by atoms with Crippen molar-refractivity contribution in [1.29, 1.82) is 0 Å². The Balaban J connectivity index is 1.93. The lowest BCUT2D eigenvalue weighted by atomic mass is 9.89. The molecule has 2 aromatic carbocycles. The van der Waals surface area contributed by atoms with Crippen LogP contribution in [0.2, 0.25) is 15.1 Å². The van der Waals surface area contributed by atoms with Crippen LogP contribution < -0.4 is 0 Å². The van der Waals surface area contributed by atoms with E-state index in [-0.39, 0.29) is 18.7 Å². The quantitative estimate of drug-likeness (QED) is 0.444. The van der Waals surface area contributed by atoms with Gasteiger partial charge in [-0.25, -0.2) is 0 Å². The van der Waals surface area contributed by atoms with Gasteiger partial charge in [0.2, 0.25) is 0 Å². The summed E-state index contributed by atoms with van der Waals surface area (Å²) >= 11 is 21.8. The molecule has 0 fully saturated rings. The lowest BCUT2D eigenvalue weighted by Crippen LogP contribution is -2.45. The number of halogens is 3. The fourth-order valence-electron chi connectivity index (χ4n) is 4.22. The normalized spacial score (nSPS) is 17.7. The number of nitrogens with zero attached hydrogens (tertiary/aromatic N) is 2. The first-order valence-corrected chi connectivity index (χ1v) is 12.0. The molecule has 0 radical (unpaired) electrons. The molecule has 3 aromatic rings. The SMILES string of the molecule is CSc1c(Cl)c(C)c(Cl)c(C(c2cn[nH]c2)N2Cc3ccccc3CC2CO)c1Cl. The fraction of sp³-hybridized carbons (Fsp3) is 0.318. The van der Waals surface area contributed by atoms with Gasteiger partial charge in [0.1, 0.15) is 0 Å². The zero-order valence-electron chi connectivity index (χ0n) is 16.6. The van der Waals surface area contributed by atoms with Crippen molar-refractivity contribution in [2.24, 2.45) is 0 Å². The van der Waals surface area contributed by atoms with E-state index in [2.05, 4.69) is 27.2 Å². The molecular formula is C22H22Cl3N3OS. The van der Waals surface area contributed by atoms with Crippen molar-refractivity contribution in [3.63, 3.8) is 0 Å². The van der Waals surface area contributed by atoms with E-state index in [1.807, 2.05) is 31.5 Å². The van der Waals surface area contributed by atoms with Crippen LogP contribution in [0.3, 0.4) is 0 Å². The van der Waals surface area contributed by atoms with Gasteiger partial charge in [-0.05, 0) is 36.3 Å². The van der Waals surface area contributed by atoms with Crippen molar-refractivity contribution in [1.82, 2.24) is 15.1 Å². The molecule has 0 saturated carbocycles. The minimum atomic E-state index is -0.281. The molecule has 0 bridgehead atoms. The highest BCUT2D eigenvalue weighted by Gasteiger charge is 2.36. The van der Waals surface area contributed by atoms with Crippen molar-refractivity contribution in [2.75, 3.05) is 12.9 Å². The third kappa shape index (κ3) is 3.77. The Morgan fingerprint density at radius 3 is 2.57 bits per heavy atom. The first-order chi connectivity index (χ1) is 14.5. The molecule has 2 N–H and O–H groups in total. The maximum atomic E-state index is 10.3. The zero-order valence-corrected chi connectivity index (χ0v) is 19.7. The number of hydrogen-bond acceptors (Lipinski definition) is 4. The van der Waals surface area contributed by atoms with Gasteiger partial charge in [0.05, 0.1) is 33.9 Å². The van der Waals surface area contributed by atoms with Gasteiger partial charge in [0.15, 0.2) is 0 Å². The summed E-state index contributed by atoms with van der Waals surface area (Å²) in [6.45, 7) is 2.60. The number of thioether (sulfide) groups is 1. The molecule has 0 aliphatic carbocycles. The minimum Gasteiger partial charge on any atom is -0.395 e. The van der Waals surface area contributed by atoms with E-state index in [9.17, 15) is 5.11 Å². The minimum absolute atomic E-state index is 0.0277. The number of aromatic amines is 1. The molecule has 2 heterocycles. The maximum absolute atomic E-state index is 10.3. The number of rotatable bonds is 5. The van der Waals surface area contributed by atoms with Gasteiger partial charge in [-0.15, -0.1) is 11.8 Å². The Morgan fingerprint density at radius 1 is 1.20 bits per heavy atom. The lowest BCUT2D eigenvalue weighted by Gasteiger charge is -2.42. The lowest BCUT2D eigenvalue weighted by molar-refractivity contribution is 0.0798. The van der Waals surface area contributed by atoms with E-state index in [4.69, 9.17) is 34.8 Å². The molecule has 1 aliphatic heterocycles. The predicted octanol–water partition coefficient (Wildman–Crippen LogP) is 5.91. The smallest absolute Gasteiger partial charge is 0.0669 e. The molecule has 2 unspecified atom stereocenters. The van der Waals surface area contributed by atoms with Crippen LogP contribution in [0.1, 0.15) is 33.9 Å². The number of fused-ring (bicyclic) bond motifs is 1. The summed E-state index contributed by atoms with van der Waals surface area (Å²) in [7, 11) is 0. The topological polar surface area (TPSA) is 52.2 Å². The summed E-state index contributed by atoms with van der Waals surface area (Å²) in [5, 5.41) is 19.0. The third-order valence-corrected chi connectivity index (χ3v) is 8.17. The van der Waals surface area contributed by atoms with Gasteiger partial charge in [0.25, 0.3) is 0 Å². The van der Waals surface area contributed by atoms with Gasteiger partial charge >= 0.3 is 0 Å². The standard InChI is InChI=1S/C22H22Cl3N3OS/c1-12-18(23)17(20(25)22(30-2)19(12)24)21(15-8-26-27-9-15)28-10-14-6-4-3-5-13(14)7-16(28)11-29/h3-6,8-9,16,21,29H,7,10-11H2,1-2H3,(H,26,27). The van der Waals surface area contributed by atoms with E-state index in [1.165, 1.54) is 22.9 Å². The second-order valence-corrected chi connectivity index (χ2v) is 9.38. The summed E-state index contributed by atoms with van der Waals surface area (Å²) < 4.78 is 0. The van der Waals surface area contributed by atoms with E-state index in [1.54, 1.807) is 6.20 Å². The molecule has 2 atom stereocenters. The number of aromatic nitrogens is 2. The number of aliphatic hydroxyl groups excluding tert-OH is 1. The van der Waals surface area contributed by atoms with E-state index >= 15 is 0 Å². The molecule has 158 valence electrons. The largest absolute Gasteiger partial charge is 0.395 e. The number of aliphatic hydroxyl groups is 1. The van der Waals surface area contributed by atoms with Crippen molar-refractivity contribution < 1.29 is 5.11 Å². The third-order valence-electron chi connectivity index (χ3n) is 5.78. The van der Waals surface area contributed by atoms with Crippen LogP contribution in [0.25, 0.3) is 0 Å². The molecule has 0 spiro atoms. The van der Waals surface area contributed by atoms with Crippen molar-refractivity contribution in [2.45, 2.75) is 36.9 Å². The van der Waals surface area contributed by atoms with Crippen LogP contribution >= 0.6 is 46.6 Å². The molecule has 8 heteroatoms. The predicted molar refractivity (Wildman–Crippen MR) is 125 cm³/mol. The Labute approximate surface area is 195 Å². The van der Waals surface area contributed by atoms with Crippen molar-refractivity contribution in [3.8, 4) is 0 Å². The molecule has 4 nitrogen and oxygen atoms in total. The van der Waals surface area contributed by atoms with Crippen LogP contribution in [-0.2, 0) is 13.0 Å². The second-order valence-electron chi connectivity index (χ2n) is 7.43. The Morgan fingerprint density at radius 2 is 1.93 bits per heavy atom. The molecule has 1 aromatic heterocycles. The summed E-state index contributed by atoms with van der Waals surface area (Å²) in [4.78, 5) is 3.07. The Hall–Kier alpha value is -1.21. The van der Waals surface area contributed by atoms with Crippen LogP contribution in [-0.4, -0.2) is 39.1 Å². The summed E-state index contributed by atoms with van der Waals surface area (Å²) in [5.41, 5.74) is 5.02. The number of H-pyrrole nitrogens is 1. The van der Waals surface area contributed by atoms with Gasteiger partial charge < -0.3 is 5.11 Å². The van der Waals surface area contributed by atoms with Gasteiger partial charge in [-0.3, -0.25) is 10.00 Å². The van der Waals surface area contributed by atoms with Crippen LogP contribution in [0, 0.1) is 6.92 Å². The average molecular weight is 483 g/mol. The van der Waals surface area contributed by atoms with Crippen LogP contribution in [0.4, 0.5) is 0 Å². The summed E-state index contributed by atoms with van der Waals surface area (Å²) in [6.07, 6.45) is 6.34. The summed E-state index contributed by atoms with van der Waals surface area (Å²) in [6, 6.07) is 7.97. The zero-order chi connectivity index (χ0) is 21.4. The maximum Gasteiger partial charge on any atom is 0.0669 e. The Kier molecular flexibility index (Phi) is 6.68. The molecule has 1 aliphatic rings. The van der Waals surface area contributed by atoms with Crippen molar-refractivity contribution in [3.05, 3.63) is 79.5 Å². The molecular weight excluding hydrogens is 461 g/mol.